The number of aliphatic hydroxyl groups excluding tert-OH is 2. The highest BCUT2D eigenvalue weighted by atomic mass is 16.8. The van der Waals surface area contributed by atoms with Gasteiger partial charge in [0, 0.05) is 25.8 Å². The Morgan fingerprint density at radius 3 is 2.50 bits per heavy atom. The van der Waals surface area contributed by atoms with Gasteiger partial charge in [0.15, 0.2) is 0 Å². The lowest BCUT2D eigenvalue weighted by Crippen LogP contribution is -2.99. The van der Waals surface area contributed by atoms with Crippen LogP contribution in [-0.4, -0.2) is 56.0 Å². The van der Waals surface area contributed by atoms with Crippen LogP contribution in [0.4, 0.5) is 5.82 Å². The van der Waals surface area contributed by atoms with Crippen LogP contribution in [0.1, 0.15) is 58.9 Å². The fourth-order valence-corrected chi connectivity index (χ4v) is 2.85. The van der Waals surface area contributed by atoms with Crippen LogP contribution in [0.25, 0.3) is 0 Å². The monoisotopic (exact) mass is 400 g/mol. The molecule has 0 bridgehead atoms. The van der Waals surface area contributed by atoms with Crippen molar-refractivity contribution in [3.05, 3.63) is 34.7 Å². The molecule has 0 saturated heterocycles. The molecule has 1 aromatic heterocycles. The van der Waals surface area contributed by atoms with Crippen molar-refractivity contribution in [3.63, 3.8) is 0 Å². The molecular weight excluding hydrogens is 364 g/mol. The number of aliphatic hydroxyl groups is 3. The van der Waals surface area contributed by atoms with Crippen LogP contribution >= 0.6 is 0 Å². The van der Waals surface area contributed by atoms with Gasteiger partial charge in [0.05, 0.1) is 23.4 Å². The minimum absolute atomic E-state index is 0.0549. The van der Waals surface area contributed by atoms with Gasteiger partial charge in [0.1, 0.15) is 0 Å². The molecule has 0 saturated carbocycles. The summed E-state index contributed by atoms with van der Waals surface area (Å²) in [6.07, 6.45) is 4.39. The zero-order chi connectivity index (χ0) is 21.5. The van der Waals surface area contributed by atoms with Crippen molar-refractivity contribution in [2.75, 3.05) is 7.11 Å². The first-order valence-corrected chi connectivity index (χ1v) is 9.59. The molecule has 0 aliphatic heterocycles. The number of nitrogens with one attached hydrogen (secondary N) is 2. The van der Waals surface area contributed by atoms with Crippen molar-refractivity contribution < 1.29 is 30.5 Å². The topological polar surface area (TPSA) is 133 Å². The lowest BCUT2D eigenvalue weighted by atomic mass is 9.89. The molecule has 1 heterocycles. The minimum atomic E-state index is -1.30. The van der Waals surface area contributed by atoms with Gasteiger partial charge in [0.25, 0.3) is 0 Å². The fourth-order valence-electron chi connectivity index (χ4n) is 2.85. The number of quaternary nitrogens is 1. The maximum Gasteiger partial charge on any atom is 0.237 e. The Balaban J connectivity index is 2.48. The molecule has 1 rings (SSSR count). The number of H-pyrrole nitrogens is 1. The van der Waals surface area contributed by atoms with Crippen molar-refractivity contribution in [1.29, 1.82) is 0 Å². The molecule has 0 fully saturated rings. The van der Waals surface area contributed by atoms with E-state index >= 15 is 0 Å². The summed E-state index contributed by atoms with van der Waals surface area (Å²) in [6, 6.07) is 1.46. The number of rotatable bonds is 12. The van der Waals surface area contributed by atoms with E-state index in [9.17, 15) is 20.5 Å². The maximum atomic E-state index is 10.9. The van der Waals surface area contributed by atoms with E-state index in [-0.39, 0.29) is 12.2 Å². The Kier molecular flexibility index (Phi) is 9.29. The third kappa shape index (κ3) is 7.63. The zero-order valence-corrected chi connectivity index (χ0v) is 17.5. The first-order chi connectivity index (χ1) is 12.9. The Morgan fingerprint density at radius 2 is 1.96 bits per heavy atom. The average Bonchev–Trinajstić information content (AvgIpc) is 3.08. The number of aromatic nitrogens is 1. The summed E-state index contributed by atoms with van der Waals surface area (Å²) in [5.74, 6) is 0.0549. The lowest BCUT2D eigenvalue weighted by Gasteiger charge is -2.29. The quantitative estimate of drug-likeness (QED) is 0.232. The van der Waals surface area contributed by atoms with E-state index in [0.29, 0.717) is 24.8 Å². The van der Waals surface area contributed by atoms with Gasteiger partial charge in [-0.1, -0.05) is 11.6 Å². The van der Waals surface area contributed by atoms with Crippen LogP contribution in [-0.2, 0) is 11.2 Å². The fraction of sp³-hybridized carbons (Fsp3) is 0.700. The zero-order valence-electron chi connectivity index (χ0n) is 17.5. The van der Waals surface area contributed by atoms with Crippen LogP contribution in [0.3, 0.4) is 0 Å². The second-order valence-electron chi connectivity index (χ2n) is 8.26. The van der Waals surface area contributed by atoms with Crippen LogP contribution in [0.2, 0.25) is 0 Å². The van der Waals surface area contributed by atoms with Crippen molar-refractivity contribution in [2.45, 2.75) is 83.2 Å². The molecule has 0 radical (unpaired) electrons. The SMILES string of the molecule is COC(C)(C)C(O)CCC(C)=CCCC(C)(O)C(O)Cc1c[nH]c([NH+]([O-])O)c1. The molecule has 0 aromatic carbocycles. The summed E-state index contributed by atoms with van der Waals surface area (Å²) in [5.41, 5.74) is -0.151. The molecule has 4 unspecified atom stereocenters. The van der Waals surface area contributed by atoms with Crippen molar-refractivity contribution in [3.8, 4) is 0 Å². The predicted molar refractivity (Wildman–Crippen MR) is 106 cm³/mol. The van der Waals surface area contributed by atoms with Gasteiger partial charge in [-0.05, 0) is 58.9 Å². The van der Waals surface area contributed by atoms with Gasteiger partial charge in [-0.2, -0.15) is 5.23 Å². The summed E-state index contributed by atoms with van der Waals surface area (Å²) in [7, 11) is 1.58. The maximum absolute atomic E-state index is 10.9. The first kappa shape index (κ1) is 24.8. The Labute approximate surface area is 167 Å². The van der Waals surface area contributed by atoms with Crippen LogP contribution in [0, 0.1) is 5.21 Å². The van der Waals surface area contributed by atoms with Gasteiger partial charge < -0.3 is 30.2 Å². The van der Waals surface area contributed by atoms with Crippen molar-refractivity contribution >= 4 is 5.82 Å². The van der Waals surface area contributed by atoms with E-state index in [0.717, 1.165) is 12.0 Å². The summed E-state index contributed by atoms with van der Waals surface area (Å²) in [6.45, 7) is 7.25. The molecule has 1 aromatic rings. The number of ether oxygens (including phenoxy) is 1. The van der Waals surface area contributed by atoms with E-state index in [4.69, 9.17) is 9.94 Å². The average molecular weight is 401 g/mol. The van der Waals surface area contributed by atoms with E-state index in [1.807, 2.05) is 26.8 Å². The smallest absolute Gasteiger partial charge is 0.237 e. The normalized spacial score (nSPS) is 18.6. The van der Waals surface area contributed by atoms with Crippen LogP contribution in [0.5, 0.6) is 0 Å². The molecule has 162 valence electrons. The van der Waals surface area contributed by atoms with Crippen molar-refractivity contribution in [1.82, 2.24) is 4.98 Å². The minimum Gasteiger partial charge on any atom is -0.594 e. The van der Waals surface area contributed by atoms with E-state index < -0.39 is 28.6 Å². The van der Waals surface area contributed by atoms with Gasteiger partial charge >= 0.3 is 0 Å². The van der Waals surface area contributed by atoms with E-state index in [1.165, 1.54) is 12.3 Å². The summed E-state index contributed by atoms with van der Waals surface area (Å²) >= 11 is 0. The Bertz CT molecular complexity index is 624. The second kappa shape index (κ2) is 10.5. The summed E-state index contributed by atoms with van der Waals surface area (Å²) < 4.78 is 5.28. The van der Waals surface area contributed by atoms with Crippen LogP contribution < -0.4 is 5.23 Å². The number of methoxy groups -OCH3 is 1. The molecule has 8 nitrogen and oxygen atoms in total. The first-order valence-electron chi connectivity index (χ1n) is 9.59. The van der Waals surface area contributed by atoms with Crippen LogP contribution in [0.15, 0.2) is 23.9 Å². The number of aromatic amines is 1. The second-order valence-corrected chi connectivity index (χ2v) is 8.26. The van der Waals surface area contributed by atoms with Gasteiger partial charge in [-0.25, -0.2) is 5.21 Å². The third-order valence-electron chi connectivity index (χ3n) is 5.40. The highest BCUT2D eigenvalue weighted by Gasteiger charge is 2.30. The molecule has 0 aliphatic carbocycles. The third-order valence-corrected chi connectivity index (χ3v) is 5.40. The Morgan fingerprint density at radius 1 is 1.32 bits per heavy atom. The molecule has 0 aliphatic rings. The van der Waals surface area contributed by atoms with E-state index in [1.54, 1.807) is 14.0 Å². The highest BCUT2D eigenvalue weighted by Crippen LogP contribution is 2.23. The van der Waals surface area contributed by atoms with E-state index in [2.05, 4.69) is 4.98 Å². The number of allylic oxidation sites excluding steroid dienone is 2. The highest BCUT2D eigenvalue weighted by molar-refractivity contribution is 5.27. The van der Waals surface area contributed by atoms with Gasteiger partial charge in [-0.15, -0.1) is 0 Å². The molecule has 8 heteroatoms. The molecule has 0 amide bonds. The van der Waals surface area contributed by atoms with Crippen molar-refractivity contribution in [2.24, 2.45) is 0 Å². The standard InChI is InChI=1S/C20H36N2O6/c1-14(8-9-16(23)19(2,3)28-5)7-6-10-20(4,25)17(24)11-15-12-18(21-13-15)22(26)27/h7,12-13,16-17,21-26H,6,8-11H2,1-5H3. The number of hydrogen-bond acceptors (Lipinski definition) is 6. The molecule has 6 N–H and O–H groups in total. The predicted octanol–water partition coefficient (Wildman–Crippen LogP) is 1.37. The molecule has 4 atom stereocenters. The Hall–Kier alpha value is -1.26. The molecule has 28 heavy (non-hydrogen) atoms. The molecule has 0 spiro atoms. The summed E-state index contributed by atoms with van der Waals surface area (Å²) in [4.78, 5) is 2.63. The number of hydrogen-bond donors (Lipinski definition) is 6. The largest absolute Gasteiger partial charge is 0.594 e. The van der Waals surface area contributed by atoms with Gasteiger partial charge in [0.2, 0.25) is 5.82 Å². The lowest BCUT2D eigenvalue weighted by molar-refractivity contribution is -0.993. The summed E-state index contributed by atoms with van der Waals surface area (Å²) in [5, 5.41) is 49.8. The molecular formula is C20H36N2O6. The van der Waals surface area contributed by atoms with Gasteiger partial charge in [-0.3, -0.25) is 0 Å².